The second kappa shape index (κ2) is 6.94. The molecule has 2 aromatic carbocycles. The molecule has 4 rings (SSSR count). The van der Waals surface area contributed by atoms with Crippen LogP contribution in [0.4, 0.5) is 0 Å². The molecule has 132 valence electrons. The third kappa shape index (κ3) is 3.11. The number of para-hydroxylation sites is 2. The maximum Gasteiger partial charge on any atom is 0.312 e. The summed E-state index contributed by atoms with van der Waals surface area (Å²) in [5, 5.41) is 12.7. The van der Waals surface area contributed by atoms with Gasteiger partial charge in [0.2, 0.25) is 0 Å². The molecule has 1 aromatic heterocycles. The van der Waals surface area contributed by atoms with Gasteiger partial charge in [-0.05, 0) is 18.2 Å². The molecule has 0 radical (unpaired) electrons. The van der Waals surface area contributed by atoms with E-state index in [1.165, 1.54) is 0 Å². The van der Waals surface area contributed by atoms with Gasteiger partial charge in [0.25, 0.3) is 0 Å². The Balaban J connectivity index is 1.74. The number of carbonyl (C=O) groups is 1. The second-order valence-corrected chi connectivity index (χ2v) is 6.61. The lowest BCUT2D eigenvalue weighted by Gasteiger charge is -2.23. The van der Waals surface area contributed by atoms with E-state index >= 15 is 0 Å². The molecule has 1 aliphatic rings. The summed E-state index contributed by atoms with van der Waals surface area (Å²) >= 11 is 6.62. The molecule has 0 aliphatic carbocycles. The van der Waals surface area contributed by atoms with Crippen molar-refractivity contribution in [2.75, 3.05) is 13.1 Å². The van der Waals surface area contributed by atoms with Gasteiger partial charge in [0.05, 0.1) is 17.1 Å². The van der Waals surface area contributed by atoms with Crippen LogP contribution in [0.25, 0.3) is 10.9 Å². The fourth-order valence-corrected chi connectivity index (χ4v) is 3.71. The van der Waals surface area contributed by atoms with Crippen LogP contribution in [0.1, 0.15) is 17.2 Å². The molecule has 1 atom stereocenters. The molecular formula is C20H17ClN2O3. The van der Waals surface area contributed by atoms with Crippen molar-refractivity contribution in [2.45, 2.75) is 12.3 Å². The minimum Gasteiger partial charge on any atom is -0.481 e. The normalized spacial score (nSPS) is 17.5. The Kier molecular flexibility index (Phi) is 4.49. The highest BCUT2D eigenvalue weighted by Crippen LogP contribution is 2.36. The number of halogens is 1. The number of hydroxylamine groups is 2. The van der Waals surface area contributed by atoms with Gasteiger partial charge >= 0.3 is 5.97 Å². The van der Waals surface area contributed by atoms with Gasteiger partial charge in [0.1, 0.15) is 11.7 Å². The Labute approximate surface area is 155 Å². The van der Waals surface area contributed by atoms with Crippen LogP contribution in [0.15, 0.2) is 54.6 Å². The Bertz CT molecular complexity index is 962. The molecule has 5 nitrogen and oxygen atoms in total. The number of aliphatic carboxylic acids is 1. The first kappa shape index (κ1) is 16.8. The van der Waals surface area contributed by atoms with Crippen LogP contribution in [0.3, 0.4) is 0 Å². The van der Waals surface area contributed by atoms with Crippen molar-refractivity contribution >= 4 is 28.5 Å². The average molecular weight is 369 g/mol. The molecule has 0 amide bonds. The SMILES string of the molecule is O=C(O)C1CN(Oc2ccccc2)CCc2nc3ccccc3c(Cl)c21. The van der Waals surface area contributed by atoms with Gasteiger partial charge in [-0.3, -0.25) is 9.78 Å². The highest BCUT2D eigenvalue weighted by molar-refractivity contribution is 6.36. The molecule has 0 bridgehead atoms. The number of hydrogen-bond acceptors (Lipinski definition) is 4. The maximum absolute atomic E-state index is 12.0. The van der Waals surface area contributed by atoms with Crippen LogP contribution < -0.4 is 4.84 Å². The highest BCUT2D eigenvalue weighted by atomic mass is 35.5. The molecule has 1 unspecified atom stereocenters. The summed E-state index contributed by atoms with van der Waals surface area (Å²) in [5.41, 5.74) is 2.09. The van der Waals surface area contributed by atoms with Crippen LogP contribution in [-0.4, -0.2) is 34.2 Å². The molecule has 2 heterocycles. The number of aromatic nitrogens is 1. The van der Waals surface area contributed by atoms with E-state index in [-0.39, 0.29) is 6.54 Å². The third-order valence-corrected chi connectivity index (χ3v) is 4.96. The van der Waals surface area contributed by atoms with Crippen LogP contribution in [0, 0.1) is 0 Å². The lowest BCUT2D eigenvalue weighted by Crippen LogP contribution is -2.34. The fraction of sp³-hybridized carbons (Fsp3) is 0.200. The minimum absolute atomic E-state index is 0.205. The predicted molar refractivity (Wildman–Crippen MR) is 99.5 cm³/mol. The van der Waals surface area contributed by atoms with E-state index in [2.05, 4.69) is 4.98 Å². The Morgan fingerprint density at radius 2 is 1.88 bits per heavy atom. The lowest BCUT2D eigenvalue weighted by molar-refractivity contribution is -0.142. The molecule has 0 saturated carbocycles. The largest absolute Gasteiger partial charge is 0.481 e. The number of rotatable bonds is 3. The monoisotopic (exact) mass is 368 g/mol. The number of nitrogens with zero attached hydrogens (tertiary/aromatic N) is 2. The molecule has 0 saturated heterocycles. The van der Waals surface area contributed by atoms with E-state index in [1.807, 2.05) is 54.6 Å². The third-order valence-electron chi connectivity index (χ3n) is 4.55. The molecule has 6 heteroatoms. The minimum atomic E-state index is -0.936. The van der Waals surface area contributed by atoms with Crippen LogP contribution >= 0.6 is 11.6 Å². The molecule has 1 aliphatic heterocycles. The van der Waals surface area contributed by atoms with E-state index in [0.29, 0.717) is 29.3 Å². The second-order valence-electron chi connectivity index (χ2n) is 6.24. The summed E-state index contributed by atoms with van der Waals surface area (Å²) in [6.45, 7) is 0.740. The molecule has 1 N–H and O–H groups in total. The average Bonchev–Trinajstić information content (AvgIpc) is 2.83. The summed E-state index contributed by atoms with van der Waals surface area (Å²) in [4.78, 5) is 22.6. The van der Waals surface area contributed by atoms with Crippen molar-refractivity contribution in [3.8, 4) is 5.75 Å². The zero-order valence-corrected chi connectivity index (χ0v) is 14.7. The first-order valence-electron chi connectivity index (χ1n) is 8.41. The highest BCUT2D eigenvalue weighted by Gasteiger charge is 2.33. The Hall–Kier alpha value is -2.63. The summed E-state index contributed by atoms with van der Waals surface area (Å²) in [6.07, 6.45) is 0.566. The smallest absolute Gasteiger partial charge is 0.312 e. The van der Waals surface area contributed by atoms with Gasteiger partial charge in [0, 0.05) is 29.6 Å². The zero-order valence-electron chi connectivity index (χ0n) is 13.9. The predicted octanol–water partition coefficient (Wildman–Crippen LogP) is 3.91. The number of fused-ring (bicyclic) bond motifs is 2. The number of benzene rings is 2. The summed E-state index contributed by atoms with van der Waals surface area (Å²) in [7, 11) is 0. The fourth-order valence-electron chi connectivity index (χ4n) is 3.31. The molecule has 0 fully saturated rings. The first-order chi connectivity index (χ1) is 12.6. The van der Waals surface area contributed by atoms with Crippen molar-refractivity contribution in [3.63, 3.8) is 0 Å². The zero-order chi connectivity index (χ0) is 18.1. The quantitative estimate of drug-likeness (QED) is 0.759. The van der Waals surface area contributed by atoms with Crippen molar-refractivity contribution in [1.29, 1.82) is 0 Å². The lowest BCUT2D eigenvalue weighted by atomic mass is 9.95. The summed E-state index contributed by atoms with van der Waals surface area (Å²) in [5.74, 6) is -1.07. The van der Waals surface area contributed by atoms with Gasteiger partial charge < -0.3 is 9.94 Å². The molecule has 0 spiro atoms. The van der Waals surface area contributed by atoms with Gasteiger partial charge in [-0.15, -0.1) is 5.06 Å². The van der Waals surface area contributed by atoms with Gasteiger partial charge in [-0.1, -0.05) is 48.0 Å². The Morgan fingerprint density at radius 3 is 2.65 bits per heavy atom. The van der Waals surface area contributed by atoms with Crippen molar-refractivity contribution in [3.05, 3.63) is 70.9 Å². The van der Waals surface area contributed by atoms with Crippen molar-refractivity contribution < 1.29 is 14.7 Å². The van der Waals surface area contributed by atoms with Crippen LogP contribution in [-0.2, 0) is 11.2 Å². The van der Waals surface area contributed by atoms with E-state index in [4.69, 9.17) is 16.4 Å². The summed E-state index contributed by atoms with van der Waals surface area (Å²) < 4.78 is 0. The van der Waals surface area contributed by atoms with Crippen LogP contribution in [0.5, 0.6) is 5.75 Å². The van der Waals surface area contributed by atoms with E-state index in [9.17, 15) is 9.90 Å². The maximum atomic E-state index is 12.0. The van der Waals surface area contributed by atoms with Gasteiger partial charge in [-0.2, -0.15) is 0 Å². The van der Waals surface area contributed by atoms with E-state index in [1.54, 1.807) is 5.06 Å². The van der Waals surface area contributed by atoms with Gasteiger partial charge in [-0.25, -0.2) is 0 Å². The van der Waals surface area contributed by atoms with Gasteiger partial charge in [0.15, 0.2) is 0 Å². The number of pyridine rings is 1. The van der Waals surface area contributed by atoms with Crippen molar-refractivity contribution in [1.82, 2.24) is 10.0 Å². The Morgan fingerprint density at radius 1 is 1.15 bits per heavy atom. The molecule has 26 heavy (non-hydrogen) atoms. The standard InChI is InChI=1S/C20H17ClN2O3/c21-19-14-8-4-5-9-16(14)22-17-10-11-23(12-15(18(17)19)20(24)25)26-13-6-2-1-3-7-13/h1-9,15H,10-12H2,(H,24,25). The summed E-state index contributed by atoms with van der Waals surface area (Å²) in [6, 6.07) is 16.9. The van der Waals surface area contributed by atoms with E-state index < -0.39 is 11.9 Å². The number of hydrogen-bond donors (Lipinski definition) is 1. The first-order valence-corrected chi connectivity index (χ1v) is 8.79. The molecular weight excluding hydrogens is 352 g/mol. The topological polar surface area (TPSA) is 62.7 Å². The van der Waals surface area contributed by atoms with E-state index in [0.717, 1.165) is 16.6 Å². The van der Waals surface area contributed by atoms with Crippen molar-refractivity contribution in [2.24, 2.45) is 0 Å². The number of carboxylic acid groups (broad SMARTS) is 1. The van der Waals surface area contributed by atoms with Crippen LogP contribution in [0.2, 0.25) is 5.02 Å². The number of carboxylic acids is 1. The molecule has 3 aromatic rings.